The van der Waals surface area contributed by atoms with Gasteiger partial charge in [-0.15, -0.1) is 0 Å². The highest BCUT2D eigenvalue weighted by atomic mass is 16.7. The van der Waals surface area contributed by atoms with Gasteiger partial charge in [0.1, 0.15) is 5.75 Å². The highest BCUT2D eigenvalue weighted by Gasteiger charge is 2.08. The molecule has 0 N–H and O–H groups in total. The van der Waals surface area contributed by atoms with E-state index in [4.69, 9.17) is 14.2 Å². The van der Waals surface area contributed by atoms with Crippen molar-refractivity contribution in [3.63, 3.8) is 0 Å². The molecule has 0 saturated heterocycles. The predicted molar refractivity (Wildman–Crippen MR) is 73.1 cm³/mol. The SMILES string of the molecule is CCOC(CCOc1cccc(C)c1C)OCC. The summed E-state index contributed by atoms with van der Waals surface area (Å²) in [5.41, 5.74) is 2.44. The minimum absolute atomic E-state index is 0.162. The van der Waals surface area contributed by atoms with Crippen molar-refractivity contribution < 1.29 is 14.2 Å². The van der Waals surface area contributed by atoms with Gasteiger partial charge in [0.15, 0.2) is 6.29 Å². The molecule has 0 aliphatic heterocycles. The molecule has 102 valence electrons. The van der Waals surface area contributed by atoms with Crippen LogP contribution in [0.4, 0.5) is 0 Å². The van der Waals surface area contributed by atoms with Crippen LogP contribution in [-0.4, -0.2) is 26.1 Å². The first-order valence-corrected chi connectivity index (χ1v) is 6.61. The van der Waals surface area contributed by atoms with Crippen molar-refractivity contribution >= 4 is 0 Å². The molecule has 0 amide bonds. The lowest BCUT2D eigenvalue weighted by molar-refractivity contribution is -0.142. The zero-order chi connectivity index (χ0) is 13.4. The van der Waals surface area contributed by atoms with E-state index in [2.05, 4.69) is 19.9 Å². The maximum absolute atomic E-state index is 5.78. The Morgan fingerprint density at radius 2 is 1.72 bits per heavy atom. The molecule has 1 aromatic carbocycles. The molecule has 0 saturated carbocycles. The highest BCUT2D eigenvalue weighted by molar-refractivity contribution is 5.38. The van der Waals surface area contributed by atoms with Crippen LogP contribution in [0.2, 0.25) is 0 Å². The van der Waals surface area contributed by atoms with Crippen molar-refractivity contribution in [2.45, 2.75) is 40.4 Å². The second-order valence-electron chi connectivity index (χ2n) is 4.18. The molecule has 0 bridgehead atoms. The molecule has 0 atom stereocenters. The molecule has 3 nitrogen and oxygen atoms in total. The van der Waals surface area contributed by atoms with Crippen LogP contribution < -0.4 is 4.74 Å². The molecular weight excluding hydrogens is 228 g/mol. The molecule has 0 unspecified atom stereocenters. The third-order valence-electron chi connectivity index (χ3n) is 2.87. The van der Waals surface area contributed by atoms with Crippen LogP contribution in [0.25, 0.3) is 0 Å². The fourth-order valence-electron chi connectivity index (χ4n) is 1.73. The molecule has 3 heteroatoms. The van der Waals surface area contributed by atoms with Crippen molar-refractivity contribution in [3.05, 3.63) is 29.3 Å². The summed E-state index contributed by atoms with van der Waals surface area (Å²) < 4.78 is 16.7. The molecule has 0 heterocycles. The number of benzene rings is 1. The van der Waals surface area contributed by atoms with Gasteiger partial charge in [0.2, 0.25) is 0 Å². The summed E-state index contributed by atoms with van der Waals surface area (Å²) in [6.45, 7) is 10.0. The van der Waals surface area contributed by atoms with Gasteiger partial charge in [0.05, 0.1) is 6.61 Å². The maximum Gasteiger partial charge on any atom is 0.160 e. The number of rotatable bonds is 8. The number of hydrogen-bond acceptors (Lipinski definition) is 3. The maximum atomic E-state index is 5.78. The Kier molecular flexibility index (Phi) is 6.76. The lowest BCUT2D eigenvalue weighted by Crippen LogP contribution is -2.20. The largest absolute Gasteiger partial charge is 0.493 e. The van der Waals surface area contributed by atoms with E-state index in [0.29, 0.717) is 19.8 Å². The van der Waals surface area contributed by atoms with Gasteiger partial charge >= 0.3 is 0 Å². The van der Waals surface area contributed by atoms with Crippen molar-refractivity contribution in [2.24, 2.45) is 0 Å². The van der Waals surface area contributed by atoms with Crippen LogP contribution in [0.1, 0.15) is 31.4 Å². The van der Waals surface area contributed by atoms with Crippen LogP contribution in [0.5, 0.6) is 5.75 Å². The molecule has 0 aliphatic carbocycles. The van der Waals surface area contributed by atoms with Gasteiger partial charge in [-0.05, 0) is 44.9 Å². The van der Waals surface area contributed by atoms with Crippen LogP contribution in [0.3, 0.4) is 0 Å². The van der Waals surface area contributed by atoms with Gasteiger partial charge in [0.25, 0.3) is 0 Å². The smallest absolute Gasteiger partial charge is 0.160 e. The van der Waals surface area contributed by atoms with E-state index in [9.17, 15) is 0 Å². The second-order valence-corrected chi connectivity index (χ2v) is 4.18. The summed E-state index contributed by atoms with van der Waals surface area (Å²) in [6.07, 6.45) is 0.583. The minimum Gasteiger partial charge on any atom is -0.493 e. The zero-order valence-electron chi connectivity index (χ0n) is 11.9. The molecule has 0 spiro atoms. The van der Waals surface area contributed by atoms with Gasteiger partial charge in [-0.1, -0.05) is 12.1 Å². The summed E-state index contributed by atoms with van der Waals surface area (Å²) in [7, 11) is 0. The van der Waals surface area contributed by atoms with Gasteiger partial charge in [-0.2, -0.15) is 0 Å². The fraction of sp³-hybridized carbons (Fsp3) is 0.600. The highest BCUT2D eigenvalue weighted by Crippen LogP contribution is 2.20. The summed E-state index contributed by atoms with van der Waals surface area (Å²) >= 11 is 0. The first kappa shape index (κ1) is 15.0. The van der Waals surface area contributed by atoms with Gasteiger partial charge in [0, 0.05) is 19.6 Å². The first-order chi connectivity index (χ1) is 8.69. The van der Waals surface area contributed by atoms with E-state index in [1.807, 2.05) is 26.0 Å². The summed E-state index contributed by atoms with van der Waals surface area (Å²) in [5.74, 6) is 0.946. The molecule has 0 aromatic heterocycles. The Morgan fingerprint density at radius 3 is 2.33 bits per heavy atom. The first-order valence-electron chi connectivity index (χ1n) is 6.61. The molecule has 18 heavy (non-hydrogen) atoms. The number of ether oxygens (including phenoxy) is 3. The average Bonchev–Trinajstić information content (AvgIpc) is 2.35. The Hall–Kier alpha value is -1.06. The van der Waals surface area contributed by atoms with E-state index in [0.717, 1.165) is 12.2 Å². The standard InChI is InChI=1S/C15H24O3/c1-5-16-15(17-6-2)10-11-18-14-9-7-8-12(3)13(14)4/h7-9,15H,5-6,10-11H2,1-4H3. The van der Waals surface area contributed by atoms with E-state index < -0.39 is 0 Å². The van der Waals surface area contributed by atoms with Crippen LogP contribution in [0.15, 0.2) is 18.2 Å². The van der Waals surface area contributed by atoms with E-state index in [-0.39, 0.29) is 6.29 Å². The minimum atomic E-state index is -0.162. The Labute approximate surface area is 110 Å². The lowest BCUT2D eigenvalue weighted by Gasteiger charge is -2.17. The van der Waals surface area contributed by atoms with Gasteiger partial charge in [-0.25, -0.2) is 0 Å². The normalized spacial score (nSPS) is 10.9. The van der Waals surface area contributed by atoms with Crippen molar-refractivity contribution in [1.29, 1.82) is 0 Å². The van der Waals surface area contributed by atoms with E-state index >= 15 is 0 Å². The lowest BCUT2D eigenvalue weighted by atomic mass is 10.1. The average molecular weight is 252 g/mol. The van der Waals surface area contributed by atoms with Crippen molar-refractivity contribution in [1.82, 2.24) is 0 Å². The van der Waals surface area contributed by atoms with E-state index in [1.165, 1.54) is 11.1 Å². The Morgan fingerprint density at radius 1 is 1.06 bits per heavy atom. The third kappa shape index (κ3) is 4.67. The van der Waals surface area contributed by atoms with Crippen LogP contribution in [0, 0.1) is 13.8 Å². The monoisotopic (exact) mass is 252 g/mol. The quantitative estimate of drug-likeness (QED) is 0.663. The topological polar surface area (TPSA) is 27.7 Å². The molecule has 0 fully saturated rings. The van der Waals surface area contributed by atoms with Gasteiger partial charge in [-0.3, -0.25) is 0 Å². The summed E-state index contributed by atoms with van der Waals surface area (Å²) in [4.78, 5) is 0. The van der Waals surface area contributed by atoms with Crippen molar-refractivity contribution in [2.75, 3.05) is 19.8 Å². The second kappa shape index (κ2) is 8.11. The number of hydrogen-bond donors (Lipinski definition) is 0. The summed E-state index contributed by atoms with van der Waals surface area (Å²) in [5, 5.41) is 0. The van der Waals surface area contributed by atoms with Crippen molar-refractivity contribution in [3.8, 4) is 5.75 Å². The molecule has 1 rings (SSSR count). The Bertz CT molecular complexity index is 344. The number of aryl methyl sites for hydroxylation is 1. The predicted octanol–water partition coefficient (Wildman–Crippen LogP) is 3.47. The third-order valence-corrected chi connectivity index (χ3v) is 2.87. The molecule has 0 radical (unpaired) electrons. The van der Waals surface area contributed by atoms with Gasteiger partial charge < -0.3 is 14.2 Å². The zero-order valence-corrected chi connectivity index (χ0v) is 11.9. The summed E-state index contributed by atoms with van der Waals surface area (Å²) in [6, 6.07) is 6.10. The fourth-order valence-corrected chi connectivity index (χ4v) is 1.73. The van der Waals surface area contributed by atoms with E-state index in [1.54, 1.807) is 0 Å². The molecule has 1 aromatic rings. The molecule has 0 aliphatic rings. The van der Waals surface area contributed by atoms with Crippen LogP contribution >= 0.6 is 0 Å². The Balaban J connectivity index is 2.42. The van der Waals surface area contributed by atoms with Crippen LogP contribution in [-0.2, 0) is 9.47 Å². The molecular formula is C15H24O3.